The number of furan rings is 1. The molecule has 0 radical (unpaired) electrons. The topological polar surface area (TPSA) is 79.5 Å². The van der Waals surface area contributed by atoms with E-state index in [9.17, 15) is 9.59 Å². The number of aryl methyl sites for hydroxylation is 1. The highest BCUT2D eigenvalue weighted by molar-refractivity contribution is 5.98. The Morgan fingerprint density at radius 2 is 2.15 bits per heavy atom. The number of hydrogen-bond donors (Lipinski definition) is 2. The number of hydrogen-bond acceptors (Lipinski definition) is 3. The number of benzene rings is 1. The number of nitrogens with one attached hydrogen (secondary N) is 1. The van der Waals surface area contributed by atoms with Crippen molar-refractivity contribution in [3.8, 4) is 0 Å². The summed E-state index contributed by atoms with van der Waals surface area (Å²) < 4.78 is 5.51. The third-order valence-electron chi connectivity index (χ3n) is 3.15. The van der Waals surface area contributed by atoms with Gasteiger partial charge in [0.15, 0.2) is 5.76 Å². The Bertz CT molecular complexity index is 644. The molecule has 1 atom stereocenters. The lowest BCUT2D eigenvalue weighted by Gasteiger charge is -2.11. The lowest BCUT2D eigenvalue weighted by Crippen LogP contribution is -2.40. The highest BCUT2D eigenvalue weighted by Crippen LogP contribution is 2.22. The normalized spacial score (nSPS) is 12.3. The van der Waals surface area contributed by atoms with Gasteiger partial charge in [-0.3, -0.25) is 4.79 Å². The van der Waals surface area contributed by atoms with Crippen molar-refractivity contribution in [1.29, 1.82) is 0 Å². The SMILES string of the molecule is CCCC(NC(=O)c1cc2cccc(C)c2o1)C(=O)O. The fraction of sp³-hybridized carbons (Fsp3) is 0.333. The smallest absolute Gasteiger partial charge is 0.326 e. The monoisotopic (exact) mass is 275 g/mol. The van der Waals surface area contributed by atoms with Crippen molar-refractivity contribution < 1.29 is 19.1 Å². The molecule has 0 fully saturated rings. The Morgan fingerprint density at radius 1 is 1.40 bits per heavy atom. The number of rotatable bonds is 5. The molecule has 0 aliphatic carbocycles. The second-order valence-corrected chi connectivity index (χ2v) is 4.76. The van der Waals surface area contributed by atoms with Crippen LogP contribution in [0, 0.1) is 6.92 Å². The van der Waals surface area contributed by atoms with E-state index >= 15 is 0 Å². The first-order chi connectivity index (χ1) is 9.52. The second-order valence-electron chi connectivity index (χ2n) is 4.76. The maximum absolute atomic E-state index is 12.0. The van der Waals surface area contributed by atoms with Crippen LogP contribution < -0.4 is 5.32 Å². The van der Waals surface area contributed by atoms with Crippen LogP contribution in [-0.4, -0.2) is 23.0 Å². The van der Waals surface area contributed by atoms with Crippen molar-refractivity contribution in [1.82, 2.24) is 5.32 Å². The Morgan fingerprint density at radius 3 is 2.75 bits per heavy atom. The number of carbonyl (C=O) groups excluding carboxylic acids is 1. The van der Waals surface area contributed by atoms with Crippen LogP contribution in [0.1, 0.15) is 35.9 Å². The van der Waals surface area contributed by atoms with E-state index in [0.29, 0.717) is 18.4 Å². The number of carboxylic acid groups (broad SMARTS) is 1. The Hall–Kier alpha value is -2.30. The number of carboxylic acids is 1. The standard InChI is InChI=1S/C15H17NO4/c1-3-5-11(15(18)19)16-14(17)12-8-10-7-4-6-9(2)13(10)20-12/h4,6-8,11H,3,5H2,1-2H3,(H,16,17)(H,18,19). The molecule has 0 bridgehead atoms. The van der Waals surface area contributed by atoms with E-state index in [2.05, 4.69) is 5.32 Å². The largest absolute Gasteiger partial charge is 0.480 e. The van der Waals surface area contributed by atoms with Gasteiger partial charge in [0, 0.05) is 5.39 Å². The molecule has 1 aromatic carbocycles. The van der Waals surface area contributed by atoms with Crippen LogP contribution in [0.4, 0.5) is 0 Å². The van der Waals surface area contributed by atoms with Gasteiger partial charge in [0.2, 0.25) is 0 Å². The molecular formula is C15H17NO4. The zero-order valence-electron chi connectivity index (χ0n) is 11.5. The van der Waals surface area contributed by atoms with Gasteiger partial charge in [-0.15, -0.1) is 0 Å². The van der Waals surface area contributed by atoms with Crippen molar-refractivity contribution in [3.63, 3.8) is 0 Å². The van der Waals surface area contributed by atoms with Crippen LogP contribution in [0.5, 0.6) is 0 Å². The summed E-state index contributed by atoms with van der Waals surface area (Å²) in [4.78, 5) is 23.1. The van der Waals surface area contributed by atoms with Gasteiger partial charge in [0.1, 0.15) is 11.6 Å². The predicted molar refractivity (Wildman–Crippen MR) is 74.7 cm³/mol. The summed E-state index contributed by atoms with van der Waals surface area (Å²) in [6.07, 6.45) is 1.07. The minimum absolute atomic E-state index is 0.136. The molecule has 1 amide bonds. The molecule has 0 spiro atoms. The summed E-state index contributed by atoms with van der Waals surface area (Å²) >= 11 is 0. The van der Waals surface area contributed by atoms with E-state index < -0.39 is 17.9 Å². The Labute approximate surface area is 116 Å². The van der Waals surface area contributed by atoms with Crippen molar-refractivity contribution in [2.45, 2.75) is 32.7 Å². The minimum Gasteiger partial charge on any atom is -0.480 e. The summed E-state index contributed by atoms with van der Waals surface area (Å²) in [6, 6.07) is 6.37. The number of aliphatic carboxylic acids is 1. The summed E-state index contributed by atoms with van der Waals surface area (Å²) in [5, 5.41) is 12.4. The molecule has 106 valence electrons. The fourth-order valence-electron chi connectivity index (χ4n) is 2.10. The van der Waals surface area contributed by atoms with Crippen LogP contribution in [0.25, 0.3) is 11.0 Å². The van der Waals surface area contributed by atoms with E-state index in [1.54, 1.807) is 6.07 Å². The fourth-order valence-corrected chi connectivity index (χ4v) is 2.10. The molecule has 0 aliphatic heterocycles. The van der Waals surface area contributed by atoms with E-state index in [-0.39, 0.29) is 5.76 Å². The second kappa shape index (κ2) is 5.77. The van der Waals surface area contributed by atoms with Crippen LogP contribution in [0.3, 0.4) is 0 Å². The predicted octanol–water partition coefficient (Wildman–Crippen LogP) is 2.72. The zero-order valence-corrected chi connectivity index (χ0v) is 11.5. The molecule has 1 unspecified atom stereocenters. The summed E-state index contributed by atoms with van der Waals surface area (Å²) in [5.74, 6) is -1.40. The molecule has 0 aliphatic rings. The molecule has 20 heavy (non-hydrogen) atoms. The molecule has 2 aromatic rings. The number of amides is 1. The van der Waals surface area contributed by atoms with Gasteiger partial charge in [-0.05, 0) is 25.0 Å². The summed E-state index contributed by atoms with van der Waals surface area (Å²) in [6.45, 7) is 3.76. The maximum atomic E-state index is 12.0. The first-order valence-corrected chi connectivity index (χ1v) is 6.55. The van der Waals surface area contributed by atoms with Gasteiger partial charge in [-0.2, -0.15) is 0 Å². The minimum atomic E-state index is -1.03. The molecule has 2 N–H and O–H groups in total. The molecule has 0 saturated carbocycles. The van der Waals surface area contributed by atoms with Gasteiger partial charge in [0.05, 0.1) is 0 Å². The zero-order chi connectivity index (χ0) is 14.7. The van der Waals surface area contributed by atoms with Crippen molar-refractivity contribution in [2.75, 3.05) is 0 Å². The van der Waals surface area contributed by atoms with Gasteiger partial charge in [-0.1, -0.05) is 31.5 Å². The number of para-hydroxylation sites is 1. The third kappa shape index (κ3) is 2.82. The van der Waals surface area contributed by atoms with Crippen LogP contribution in [-0.2, 0) is 4.79 Å². The molecular weight excluding hydrogens is 258 g/mol. The molecule has 5 heteroatoms. The van der Waals surface area contributed by atoms with Crippen molar-refractivity contribution in [2.24, 2.45) is 0 Å². The van der Waals surface area contributed by atoms with Gasteiger partial charge >= 0.3 is 5.97 Å². The van der Waals surface area contributed by atoms with E-state index in [0.717, 1.165) is 10.9 Å². The summed E-state index contributed by atoms with van der Waals surface area (Å²) in [7, 11) is 0. The van der Waals surface area contributed by atoms with Gasteiger partial charge in [-0.25, -0.2) is 4.79 Å². The number of carbonyl (C=O) groups is 2. The Kier molecular flexibility index (Phi) is 4.08. The molecule has 2 rings (SSSR count). The van der Waals surface area contributed by atoms with Crippen LogP contribution in [0.2, 0.25) is 0 Å². The molecule has 0 saturated heterocycles. The molecule has 1 aromatic heterocycles. The van der Waals surface area contributed by atoms with Crippen molar-refractivity contribution >= 4 is 22.8 Å². The number of fused-ring (bicyclic) bond motifs is 1. The third-order valence-corrected chi connectivity index (χ3v) is 3.15. The molecule has 1 heterocycles. The quantitative estimate of drug-likeness (QED) is 0.879. The van der Waals surface area contributed by atoms with E-state index in [1.807, 2.05) is 32.0 Å². The Balaban J connectivity index is 2.22. The summed E-state index contributed by atoms with van der Waals surface area (Å²) in [5.41, 5.74) is 1.59. The van der Waals surface area contributed by atoms with E-state index in [1.165, 1.54) is 0 Å². The average Bonchev–Trinajstić information content (AvgIpc) is 2.83. The first-order valence-electron chi connectivity index (χ1n) is 6.55. The highest BCUT2D eigenvalue weighted by atomic mass is 16.4. The highest BCUT2D eigenvalue weighted by Gasteiger charge is 2.21. The lowest BCUT2D eigenvalue weighted by molar-refractivity contribution is -0.139. The lowest BCUT2D eigenvalue weighted by atomic mass is 10.1. The van der Waals surface area contributed by atoms with E-state index in [4.69, 9.17) is 9.52 Å². The first kappa shape index (κ1) is 14.1. The van der Waals surface area contributed by atoms with Crippen LogP contribution >= 0.6 is 0 Å². The maximum Gasteiger partial charge on any atom is 0.326 e. The van der Waals surface area contributed by atoms with Gasteiger partial charge < -0.3 is 14.8 Å². The average molecular weight is 275 g/mol. The van der Waals surface area contributed by atoms with Crippen molar-refractivity contribution in [3.05, 3.63) is 35.6 Å². The molecule has 5 nitrogen and oxygen atoms in total. The van der Waals surface area contributed by atoms with Crippen LogP contribution in [0.15, 0.2) is 28.7 Å². The van der Waals surface area contributed by atoms with Gasteiger partial charge in [0.25, 0.3) is 5.91 Å².